The maximum Gasteiger partial charge on any atom is 0.412 e. The predicted octanol–water partition coefficient (Wildman–Crippen LogP) is 3.52. The van der Waals surface area contributed by atoms with Crippen molar-refractivity contribution in [3.05, 3.63) is 30.1 Å². The third kappa shape index (κ3) is 3.33. The molecule has 4 bridgehead atoms. The van der Waals surface area contributed by atoms with E-state index in [4.69, 9.17) is 0 Å². The van der Waals surface area contributed by atoms with Crippen LogP contribution in [0.25, 0.3) is 0 Å². The summed E-state index contributed by atoms with van der Waals surface area (Å²) in [5.74, 6) is 0.193. The van der Waals surface area contributed by atoms with E-state index >= 15 is 0 Å². The van der Waals surface area contributed by atoms with Crippen LogP contribution in [0.1, 0.15) is 56.6 Å². The molecule has 4 fully saturated rings. The summed E-state index contributed by atoms with van der Waals surface area (Å²) in [4.78, 5) is 16.3. The van der Waals surface area contributed by atoms with Crippen molar-refractivity contribution in [3.63, 3.8) is 0 Å². The Morgan fingerprint density at radius 2 is 2.00 bits per heavy atom. The average Bonchev–Trinajstić information content (AvgIpc) is 2.49. The van der Waals surface area contributed by atoms with E-state index in [-0.39, 0.29) is 17.4 Å². The van der Waals surface area contributed by atoms with E-state index in [0.717, 1.165) is 38.3 Å². The number of carbonyl (C=O) groups is 1. The van der Waals surface area contributed by atoms with E-state index in [2.05, 4.69) is 10.3 Å². The maximum absolute atomic E-state index is 13.4. The van der Waals surface area contributed by atoms with Crippen molar-refractivity contribution in [2.45, 2.75) is 62.8 Å². The highest BCUT2D eigenvalue weighted by molar-refractivity contribution is 5.77. The first-order chi connectivity index (χ1) is 12.2. The van der Waals surface area contributed by atoms with Crippen LogP contribution >= 0.6 is 0 Å². The molecule has 0 unspecified atom stereocenters. The van der Waals surface area contributed by atoms with Gasteiger partial charge in [-0.2, -0.15) is 13.2 Å². The summed E-state index contributed by atoms with van der Waals surface area (Å²) in [5, 5.41) is 12.9. The van der Waals surface area contributed by atoms with E-state index in [0.29, 0.717) is 18.3 Å². The fourth-order valence-corrected chi connectivity index (χ4v) is 6.06. The Hall–Kier alpha value is -1.63. The molecule has 4 nitrogen and oxygen atoms in total. The van der Waals surface area contributed by atoms with Crippen molar-refractivity contribution in [3.8, 4) is 0 Å². The zero-order valence-electron chi connectivity index (χ0n) is 14.4. The Labute approximate surface area is 150 Å². The summed E-state index contributed by atoms with van der Waals surface area (Å²) < 4.78 is 40.3. The lowest BCUT2D eigenvalue weighted by atomic mass is 9.47. The minimum Gasteiger partial charge on any atom is -0.390 e. The molecule has 0 saturated heterocycles. The Morgan fingerprint density at radius 1 is 1.31 bits per heavy atom. The molecule has 5 rings (SSSR count). The Kier molecular flexibility index (Phi) is 4.06. The fourth-order valence-electron chi connectivity index (χ4n) is 6.06. The van der Waals surface area contributed by atoms with Gasteiger partial charge in [0.05, 0.1) is 5.60 Å². The van der Waals surface area contributed by atoms with Crippen LogP contribution in [-0.4, -0.2) is 27.8 Å². The molecule has 26 heavy (non-hydrogen) atoms. The van der Waals surface area contributed by atoms with Gasteiger partial charge in [-0.25, -0.2) is 0 Å². The van der Waals surface area contributed by atoms with Crippen molar-refractivity contribution < 1.29 is 23.1 Å². The van der Waals surface area contributed by atoms with Crippen LogP contribution in [0.3, 0.4) is 0 Å². The van der Waals surface area contributed by atoms with Crippen LogP contribution in [-0.2, 0) is 4.79 Å². The molecule has 1 amide bonds. The van der Waals surface area contributed by atoms with Gasteiger partial charge in [0.25, 0.3) is 0 Å². The lowest BCUT2D eigenvalue weighted by Crippen LogP contribution is -2.56. The smallest absolute Gasteiger partial charge is 0.390 e. The predicted molar refractivity (Wildman–Crippen MR) is 87.9 cm³/mol. The molecule has 142 valence electrons. The number of nitrogens with one attached hydrogen (secondary N) is 1. The van der Waals surface area contributed by atoms with Crippen LogP contribution in [0.2, 0.25) is 0 Å². The summed E-state index contributed by atoms with van der Waals surface area (Å²) >= 11 is 0. The van der Waals surface area contributed by atoms with Crippen LogP contribution in [0.5, 0.6) is 0 Å². The highest BCUT2D eigenvalue weighted by Crippen LogP contribution is 2.62. The van der Waals surface area contributed by atoms with Crippen molar-refractivity contribution in [2.24, 2.45) is 17.3 Å². The molecule has 4 aliphatic rings. The molecule has 1 aromatic heterocycles. The first-order valence-corrected chi connectivity index (χ1v) is 9.15. The summed E-state index contributed by atoms with van der Waals surface area (Å²) in [6.07, 6.45) is 2.82. The number of aromatic nitrogens is 1. The monoisotopic (exact) mass is 368 g/mol. The molecule has 1 heterocycles. The van der Waals surface area contributed by atoms with Gasteiger partial charge in [-0.05, 0) is 61.8 Å². The second kappa shape index (κ2) is 5.94. The number of hydrogen-bond donors (Lipinski definition) is 2. The molecular weight excluding hydrogens is 345 g/mol. The van der Waals surface area contributed by atoms with Gasteiger partial charge in [0.2, 0.25) is 5.91 Å². The van der Waals surface area contributed by atoms with E-state index < -0.39 is 23.7 Å². The first-order valence-electron chi connectivity index (χ1n) is 9.15. The summed E-state index contributed by atoms with van der Waals surface area (Å²) in [6.45, 7) is 0. The third-order valence-corrected chi connectivity index (χ3v) is 6.34. The van der Waals surface area contributed by atoms with Crippen LogP contribution in [0.15, 0.2) is 24.5 Å². The van der Waals surface area contributed by atoms with Crippen LogP contribution in [0, 0.1) is 17.3 Å². The Balaban J connectivity index is 1.49. The topological polar surface area (TPSA) is 62.2 Å². The molecule has 4 aliphatic carbocycles. The van der Waals surface area contributed by atoms with Gasteiger partial charge in [-0.3, -0.25) is 9.78 Å². The highest BCUT2D eigenvalue weighted by atomic mass is 19.4. The van der Waals surface area contributed by atoms with E-state index in [1.807, 2.05) is 0 Å². The lowest BCUT2D eigenvalue weighted by molar-refractivity contribution is -0.176. The molecule has 0 spiro atoms. The lowest BCUT2D eigenvalue weighted by Gasteiger charge is -2.60. The molecule has 0 aromatic carbocycles. The molecule has 0 aliphatic heterocycles. The molecular formula is C19H23F3N2O2. The Morgan fingerprint density at radius 3 is 2.54 bits per heavy atom. The number of rotatable bonds is 4. The number of nitrogens with zero attached hydrogens (tertiary/aromatic N) is 1. The van der Waals surface area contributed by atoms with Gasteiger partial charge >= 0.3 is 6.18 Å². The largest absolute Gasteiger partial charge is 0.412 e. The number of carbonyl (C=O) groups excluding carboxylic acids is 1. The number of alkyl halides is 3. The van der Waals surface area contributed by atoms with Gasteiger partial charge in [0.1, 0.15) is 0 Å². The second-order valence-corrected chi connectivity index (χ2v) is 8.69. The fraction of sp³-hybridized carbons (Fsp3) is 0.684. The minimum atomic E-state index is -4.58. The summed E-state index contributed by atoms with van der Waals surface area (Å²) in [6, 6.07) is 0.689. The van der Waals surface area contributed by atoms with Gasteiger partial charge < -0.3 is 10.4 Å². The number of hydrogen-bond acceptors (Lipinski definition) is 3. The SMILES string of the molecule is O=C(CC12C[C@H]3C[C@@H](CC(O)(C3)C1)C2)N[C@@H](c1cccnc1)C(F)(F)F. The van der Waals surface area contributed by atoms with Crippen LogP contribution in [0.4, 0.5) is 13.2 Å². The van der Waals surface area contributed by atoms with Crippen molar-refractivity contribution >= 4 is 5.91 Å². The minimum absolute atomic E-state index is 0.0507. The second-order valence-electron chi connectivity index (χ2n) is 8.69. The maximum atomic E-state index is 13.4. The van der Waals surface area contributed by atoms with Crippen LogP contribution < -0.4 is 5.32 Å². The zero-order valence-corrected chi connectivity index (χ0v) is 14.4. The first kappa shape index (κ1) is 17.8. The van der Waals surface area contributed by atoms with Gasteiger partial charge in [-0.15, -0.1) is 0 Å². The number of aliphatic hydroxyl groups is 1. The van der Waals surface area contributed by atoms with Gasteiger partial charge in [-0.1, -0.05) is 6.07 Å². The zero-order chi connectivity index (χ0) is 18.6. The van der Waals surface area contributed by atoms with E-state index in [1.165, 1.54) is 18.3 Å². The molecule has 2 N–H and O–H groups in total. The summed E-state index contributed by atoms with van der Waals surface area (Å²) in [7, 11) is 0. The normalized spacial score (nSPS) is 36.8. The van der Waals surface area contributed by atoms with Gasteiger partial charge in [0.15, 0.2) is 6.04 Å². The Bertz CT molecular complexity index is 678. The van der Waals surface area contributed by atoms with E-state index in [9.17, 15) is 23.1 Å². The molecule has 3 atom stereocenters. The standard InChI is InChI=1S/C19H23F3N2O2/c20-19(21,22)16(14-2-1-3-23-10-14)24-15(25)9-17-5-12-4-13(6-17)8-18(26,7-12)11-17/h1-3,10,12-13,16,26H,4-9,11H2,(H,24,25)/t12-,13-,16+,17?,18?/m1/s1. The average molecular weight is 368 g/mol. The quantitative estimate of drug-likeness (QED) is 0.855. The molecule has 0 radical (unpaired) electrons. The molecule has 1 aromatic rings. The highest BCUT2D eigenvalue weighted by Gasteiger charge is 2.57. The third-order valence-electron chi connectivity index (χ3n) is 6.34. The molecule has 4 saturated carbocycles. The number of halogens is 3. The number of amides is 1. The summed E-state index contributed by atoms with van der Waals surface area (Å²) in [5.41, 5.74) is -1.15. The van der Waals surface area contributed by atoms with Gasteiger partial charge in [0, 0.05) is 24.4 Å². The molecule has 7 heteroatoms. The number of pyridine rings is 1. The van der Waals surface area contributed by atoms with Crippen molar-refractivity contribution in [1.29, 1.82) is 0 Å². The van der Waals surface area contributed by atoms with Crippen molar-refractivity contribution in [1.82, 2.24) is 10.3 Å². The van der Waals surface area contributed by atoms with Crippen molar-refractivity contribution in [2.75, 3.05) is 0 Å². The van der Waals surface area contributed by atoms with E-state index in [1.54, 1.807) is 0 Å².